The Hall–Kier alpha value is -0.900. The molecule has 0 bridgehead atoms. The van der Waals surface area contributed by atoms with Gasteiger partial charge < -0.3 is 5.73 Å². The average Bonchev–Trinajstić information content (AvgIpc) is 2.58. The average molecular weight is 208 g/mol. The Labute approximate surface area is 90.9 Å². The molecule has 0 radical (unpaired) electrons. The number of aryl methyl sites for hydroxylation is 1. The molecule has 4 heteroatoms. The standard InChI is InChI=1S/C11H20N4/c1-9-3-5-11(12,6-4-9)7-10-13-8-14-15(10)2/h8-9H,3-7,12H2,1-2H3. The smallest absolute Gasteiger partial charge is 0.138 e. The normalized spacial score (nSPS) is 31.8. The molecule has 84 valence electrons. The molecule has 1 fully saturated rings. The van der Waals surface area contributed by atoms with Crippen LogP contribution in [-0.2, 0) is 13.5 Å². The first-order chi connectivity index (χ1) is 7.09. The van der Waals surface area contributed by atoms with Crippen molar-refractivity contribution in [3.05, 3.63) is 12.2 Å². The lowest BCUT2D eigenvalue weighted by Gasteiger charge is -2.35. The van der Waals surface area contributed by atoms with E-state index in [0.717, 1.165) is 31.0 Å². The minimum Gasteiger partial charge on any atom is -0.325 e. The number of rotatable bonds is 2. The summed E-state index contributed by atoms with van der Waals surface area (Å²) in [6, 6.07) is 0. The van der Waals surface area contributed by atoms with Crippen LogP contribution in [0.5, 0.6) is 0 Å². The van der Waals surface area contributed by atoms with E-state index < -0.39 is 0 Å². The highest BCUT2D eigenvalue weighted by atomic mass is 15.3. The van der Waals surface area contributed by atoms with Gasteiger partial charge in [0.1, 0.15) is 12.2 Å². The fourth-order valence-electron chi connectivity index (χ4n) is 2.31. The van der Waals surface area contributed by atoms with Gasteiger partial charge in [-0.05, 0) is 31.6 Å². The second-order valence-corrected chi connectivity index (χ2v) is 5.02. The summed E-state index contributed by atoms with van der Waals surface area (Å²) in [5, 5.41) is 4.08. The summed E-state index contributed by atoms with van der Waals surface area (Å²) in [6.45, 7) is 2.31. The van der Waals surface area contributed by atoms with Crippen molar-refractivity contribution in [2.45, 2.75) is 44.6 Å². The molecule has 1 aromatic rings. The fraction of sp³-hybridized carbons (Fsp3) is 0.818. The van der Waals surface area contributed by atoms with Crippen LogP contribution in [0, 0.1) is 5.92 Å². The third kappa shape index (κ3) is 2.37. The molecular weight excluding hydrogens is 188 g/mol. The summed E-state index contributed by atoms with van der Waals surface area (Å²) in [4.78, 5) is 4.25. The van der Waals surface area contributed by atoms with Gasteiger partial charge in [0, 0.05) is 19.0 Å². The Kier molecular flexibility index (Phi) is 2.78. The molecule has 0 amide bonds. The number of nitrogens with two attached hydrogens (primary N) is 1. The van der Waals surface area contributed by atoms with Crippen molar-refractivity contribution < 1.29 is 0 Å². The van der Waals surface area contributed by atoms with E-state index in [1.54, 1.807) is 6.33 Å². The molecule has 0 spiro atoms. The lowest BCUT2D eigenvalue weighted by molar-refractivity contribution is 0.239. The minimum absolute atomic E-state index is 0.0483. The van der Waals surface area contributed by atoms with Gasteiger partial charge in [0.25, 0.3) is 0 Å². The summed E-state index contributed by atoms with van der Waals surface area (Å²) in [5.74, 6) is 1.84. The van der Waals surface area contributed by atoms with Crippen LogP contribution in [-0.4, -0.2) is 20.3 Å². The lowest BCUT2D eigenvalue weighted by atomic mass is 9.76. The molecule has 1 aliphatic carbocycles. The Bertz CT molecular complexity index is 323. The summed E-state index contributed by atoms with van der Waals surface area (Å²) >= 11 is 0. The maximum absolute atomic E-state index is 6.40. The zero-order chi connectivity index (χ0) is 10.9. The Morgan fingerprint density at radius 3 is 2.73 bits per heavy atom. The van der Waals surface area contributed by atoms with Crippen molar-refractivity contribution in [3.8, 4) is 0 Å². The molecule has 0 saturated heterocycles. The Morgan fingerprint density at radius 2 is 2.20 bits per heavy atom. The van der Waals surface area contributed by atoms with Crippen molar-refractivity contribution in [3.63, 3.8) is 0 Å². The summed E-state index contributed by atoms with van der Waals surface area (Å²) in [6.07, 6.45) is 7.17. The molecule has 15 heavy (non-hydrogen) atoms. The van der Waals surface area contributed by atoms with Crippen molar-refractivity contribution in [2.75, 3.05) is 0 Å². The number of aromatic nitrogens is 3. The molecule has 2 rings (SSSR count). The zero-order valence-corrected chi connectivity index (χ0v) is 9.61. The van der Waals surface area contributed by atoms with E-state index in [-0.39, 0.29) is 5.54 Å². The van der Waals surface area contributed by atoms with Crippen molar-refractivity contribution in [1.82, 2.24) is 14.8 Å². The highest BCUT2D eigenvalue weighted by molar-refractivity contribution is 4.99. The first-order valence-electron chi connectivity index (χ1n) is 5.71. The van der Waals surface area contributed by atoms with Gasteiger partial charge in [0.15, 0.2) is 0 Å². The minimum atomic E-state index is -0.0483. The van der Waals surface area contributed by atoms with E-state index in [1.165, 1.54) is 12.8 Å². The van der Waals surface area contributed by atoms with E-state index in [1.807, 2.05) is 11.7 Å². The highest BCUT2D eigenvalue weighted by Gasteiger charge is 2.31. The van der Waals surface area contributed by atoms with Crippen LogP contribution in [0.2, 0.25) is 0 Å². The third-order valence-electron chi connectivity index (χ3n) is 3.59. The van der Waals surface area contributed by atoms with E-state index in [0.29, 0.717) is 0 Å². The van der Waals surface area contributed by atoms with Gasteiger partial charge in [-0.2, -0.15) is 5.10 Å². The molecular formula is C11H20N4. The second kappa shape index (κ2) is 3.93. The van der Waals surface area contributed by atoms with Gasteiger partial charge in [-0.25, -0.2) is 4.98 Å². The van der Waals surface area contributed by atoms with E-state index in [2.05, 4.69) is 17.0 Å². The molecule has 0 aromatic carbocycles. The van der Waals surface area contributed by atoms with Gasteiger partial charge >= 0.3 is 0 Å². The van der Waals surface area contributed by atoms with Crippen LogP contribution in [0.4, 0.5) is 0 Å². The summed E-state index contributed by atoms with van der Waals surface area (Å²) in [5.41, 5.74) is 6.35. The van der Waals surface area contributed by atoms with Crippen LogP contribution in [0.25, 0.3) is 0 Å². The highest BCUT2D eigenvalue weighted by Crippen LogP contribution is 2.31. The van der Waals surface area contributed by atoms with Crippen LogP contribution in [0.3, 0.4) is 0 Å². The van der Waals surface area contributed by atoms with Crippen LogP contribution < -0.4 is 5.73 Å². The van der Waals surface area contributed by atoms with Crippen LogP contribution in [0.15, 0.2) is 6.33 Å². The number of hydrogen-bond acceptors (Lipinski definition) is 3. The first-order valence-corrected chi connectivity index (χ1v) is 5.71. The van der Waals surface area contributed by atoms with Gasteiger partial charge in [-0.15, -0.1) is 0 Å². The number of nitrogens with zero attached hydrogens (tertiary/aromatic N) is 3. The van der Waals surface area contributed by atoms with E-state index in [4.69, 9.17) is 5.73 Å². The fourth-order valence-corrected chi connectivity index (χ4v) is 2.31. The van der Waals surface area contributed by atoms with Crippen molar-refractivity contribution >= 4 is 0 Å². The van der Waals surface area contributed by atoms with Gasteiger partial charge in [-0.1, -0.05) is 6.92 Å². The zero-order valence-electron chi connectivity index (χ0n) is 9.61. The molecule has 0 unspecified atom stereocenters. The maximum Gasteiger partial charge on any atom is 0.138 e. The monoisotopic (exact) mass is 208 g/mol. The lowest BCUT2D eigenvalue weighted by Crippen LogP contribution is -2.45. The third-order valence-corrected chi connectivity index (χ3v) is 3.59. The molecule has 0 atom stereocenters. The molecule has 1 aromatic heterocycles. The predicted molar refractivity (Wildman–Crippen MR) is 59.3 cm³/mol. The molecule has 0 aliphatic heterocycles. The maximum atomic E-state index is 6.40. The van der Waals surface area contributed by atoms with Crippen molar-refractivity contribution in [2.24, 2.45) is 18.7 Å². The Balaban J connectivity index is 2.02. The topological polar surface area (TPSA) is 56.7 Å². The van der Waals surface area contributed by atoms with Crippen LogP contribution in [0.1, 0.15) is 38.4 Å². The summed E-state index contributed by atoms with van der Waals surface area (Å²) < 4.78 is 1.83. The molecule has 1 aliphatic rings. The molecule has 4 nitrogen and oxygen atoms in total. The van der Waals surface area contributed by atoms with Crippen LogP contribution >= 0.6 is 0 Å². The van der Waals surface area contributed by atoms with Gasteiger partial charge in [-0.3, -0.25) is 4.68 Å². The van der Waals surface area contributed by atoms with Crippen molar-refractivity contribution in [1.29, 1.82) is 0 Å². The predicted octanol–water partition coefficient (Wildman–Crippen LogP) is 1.27. The van der Waals surface area contributed by atoms with Gasteiger partial charge in [0.2, 0.25) is 0 Å². The van der Waals surface area contributed by atoms with E-state index >= 15 is 0 Å². The molecule has 2 N–H and O–H groups in total. The largest absolute Gasteiger partial charge is 0.325 e. The SMILES string of the molecule is CC1CCC(N)(Cc2ncnn2C)CC1. The van der Waals surface area contributed by atoms with Gasteiger partial charge in [0.05, 0.1) is 0 Å². The Morgan fingerprint density at radius 1 is 1.53 bits per heavy atom. The first kappa shape index (κ1) is 10.6. The quantitative estimate of drug-likeness (QED) is 0.796. The second-order valence-electron chi connectivity index (χ2n) is 5.02. The molecule has 1 heterocycles. The van der Waals surface area contributed by atoms with E-state index in [9.17, 15) is 0 Å². The summed E-state index contributed by atoms with van der Waals surface area (Å²) in [7, 11) is 1.93. The number of hydrogen-bond donors (Lipinski definition) is 1. The molecule has 1 saturated carbocycles.